The molecule has 0 spiro atoms. The third kappa shape index (κ3) is 4.40. The molecule has 4 aromatic rings. The summed E-state index contributed by atoms with van der Waals surface area (Å²) in [5, 5.41) is 19.7. The Bertz CT molecular complexity index is 1510. The lowest BCUT2D eigenvalue weighted by Crippen LogP contribution is -2.20. The Kier molecular flexibility index (Phi) is 6.19. The number of fused-ring (bicyclic) bond motifs is 1. The summed E-state index contributed by atoms with van der Waals surface area (Å²) in [5.74, 6) is -5.84. The number of carboxylic acids is 2. The lowest BCUT2D eigenvalue weighted by atomic mass is 9.93. The van der Waals surface area contributed by atoms with Gasteiger partial charge in [-0.25, -0.2) is 19.2 Å². The van der Waals surface area contributed by atoms with E-state index >= 15 is 0 Å². The van der Waals surface area contributed by atoms with Crippen LogP contribution in [0.2, 0.25) is 0 Å². The monoisotopic (exact) mass is 468 g/mol. The van der Waals surface area contributed by atoms with Crippen LogP contribution in [-0.4, -0.2) is 39.9 Å². The second-order valence-corrected chi connectivity index (χ2v) is 7.42. The van der Waals surface area contributed by atoms with Gasteiger partial charge >= 0.3 is 23.9 Å². The number of ether oxygens (including phenoxy) is 1. The number of benzene rings is 4. The van der Waals surface area contributed by atoms with Crippen molar-refractivity contribution in [1.29, 1.82) is 0 Å². The molecular weight excluding hydrogens is 452 g/mol. The third-order valence-corrected chi connectivity index (χ3v) is 5.32. The van der Waals surface area contributed by atoms with Crippen molar-refractivity contribution in [1.82, 2.24) is 0 Å². The van der Waals surface area contributed by atoms with Gasteiger partial charge in [0, 0.05) is 10.9 Å². The Balaban J connectivity index is 1.77. The van der Waals surface area contributed by atoms with E-state index in [-0.39, 0.29) is 22.1 Å². The largest absolute Gasteiger partial charge is 0.478 e. The predicted molar refractivity (Wildman–Crippen MR) is 124 cm³/mol. The Morgan fingerprint density at radius 1 is 0.543 bits per heavy atom. The molecule has 0 aliphatic carbocycles. The number of aromatic carboxylic acids is 2. The molecule has 0 aromatic heterocycles. The molecule has 0 atom stereocenters. The highest BCUT2D eigenvalue weighted by atomic mass is 16.6. The first kappa shape index (κ1) is 23.1. The van der Waals surface area contributed by atoms with E-state index < -0.39 is 46.4 Å². The lowest BCUT2D eigenvalue weighted by molar-refractivity contribution is 0.0397. The second kappa shape index (κ2) is 9.40. The molecule has 0 unspecified atom stereocenters. The first-order valence-corrected chi connectivity index (χ1v) is 10.3. The zero-order valence-corrected chi connectivity index (χ0v) is 17.9. The van der Waals surface area contributed by atoms with E-state index in [1.807, 2.05) is 0 Å². The molecule has 4 aromatic carbocycles. The van der Waals surface area contributed by atoms with Gasteiger partial charge in [-0.15, -0.1) is 0 Å². The number of esters is 2. The van der Waals surface area contributed by atoms with Crippen LogP contribution in [0.3, 0.4) is 0 Å². The fraction of sp³-hybridized carbons (Fsp3) is 0. The number of rotatable bonds is 6. The Morgan fingerprint density at radius 2 is 1.06 bits per heavy atom. The molecule has 4 rings (SSSR count). The van der Waals surface area contributed by atoms with Crippen molar-refractivity contribution in [3.05, 3.63) is 118 Å². The van der Waals surface area contributed by atoms with Crippen molar-refractivity contribution in [2.75, 3.05) is 0 Å². The molecule has 2 N–H and O–H groups in total. The minimum atomic E-state index is -1.44. The van der Waals surface area contributed by atoms with Gasteiger partial charge in [0.1, 0.15) is 0 Å². The van der Waals surface area contributed by atoms with Crippen LogP contribution in [-0.2, 0) is 4.74 Å². The van der Waals surface area contributed by atoms with Gasteiger partial charge in [0.25, 0.3) is 0 Å². The maximum Gasteiger partial charge on any atom is 0.346 e. The minimum Gasteiger partial charge on any atom is -0.478 e. The SMILES string of the molecule is O=C(O)c1cccc(C(=O)OC(=O)c2cccc3cccc(C(=O)O)c23)c1C(=O)c1ccccc1. The number of carbonyl (C=O) groups is 5. The van der Waals surface area contributed by atoms with Gasteiger partial charge in [0.15, 0.2) is 5.78 Å². The summed E-state index contributed by atoms with van der Waals surface area (Å²) in [6.07, 6.45) is 0. The molecule has 35 heavy (non-hydrogen) atoms. The Hall–Kier alpha value is -5.11. The average molecular weight is 468 g/mol. The summed E-state index contributed by atoms with van der Waals surface area (Å²) in [6.45, 7) is 0. The highest BCUT2D eigenvalue weighted by Crippen LogP contribution is 2.26. The lowest BCUT2D eigenvalue weighted by Gasteiger charge is -2.12. The maximum absolute atomic E-state index is 13.1. The number of ketones is 1. The summed E-state index contributed by atoms with van der Waals surface area (Å²) in [6, 6.07) is 20.2. The Labute approximate surface area is 198 Å². The van der Waals surface area contributed by atoms with E-state index in [0.717, 1.165) is 0 Å². The molecule has 172 valence electrons. The molecule has 8 nitrogen and oxygen atoms in total. The molecule has 0 aliphatic heterocycles. The summed E-state index contributed by atoms with van der Waals surface area (Å²) >= 11 is 0. The summed E-state index contributed by atoms with van der Waals surface area (Å²) < 4.78 is 5.01. The van der Waals surface area contributed by atoms with Crippen molar-refractivity contribution in [3.63, 3.8) is 0 Å². The number of hydrogen-bond acceptors (Lipinski definition) is 6. The van der Waals surface area contributed by atoms with E-state index in [1.54, 1.807) is 30.3 Å². The smallest absolute Gasteiger partial charge is 0.346 e. The molecule has 0 heterocycles. The number of carbonyl (C=O) groups excluding carboxylic acids is 3. The minimum absolute atomic E-state index is 0.0835. The van der Waals surface area contributed by atoms with Crippen LogP contribution >= 0.6 is 0 Å². The fourth-order valence-electron chi connectivity index (χ4n) is 3.76. The van der Waals surface area contributed by atoms with E-state index in [4.69, 9.17) is 4.74 Å². The van der Waals surface area contributed by atoms with Crippen LogP contribution in [0.25, 0.3) is 10.8 Å². The van der Waals surface area contributed by atoms with Crippen molar-refractivity contribution >= 4 is 40.4 Å². The van der Waals surface area contributed by atoms with E-state index in [2.05, 4.69) is 0 Å². The number of hydrogen-bond donors (Lipinski definition) is 2. The first-order chi connectivity index (χ1) is 16.8. The molecule has 0 amide bonds. The van der Waals surface area contributed by atoms with E-state index in [9.17, 15) is 34.2 Å². The zero-order valence-electron chi connectivity index (χ0n) is 17.9. The molecule has 0 saturated heterocycles. The highest BCUT2D eigenvalue weighted by Gasteiger charge is 2.28. The standard InChI is InChI=1S/C27H16O8/c28-23(16-7-2-1-3-8-16)22-18(25(31)32)12-6-14-20(22)27(34)35-26(33)19-13-5-10-15-9-4-11-17(21(15)19)24(29)30/h1-14H,(H,29,30)(H,31,32). The van der Waals surface area contributed by atoms with E-state index in [1.165, 1.54) is 54.6 Å². The van der Waals surface area contributed by atoms with Gasteiger partial charge in [-0.1, -0.05) is 60.7 Å². The topological polar surface area (TPSA) is 135 Å². The van der Waals surface area contributed by atoms with Crippen LogP contribution in [0.15, 0.2) is 84.9 Å². The van der Waals surface area contributed by atoms with Crippen molar-refractivity contribution in [2.24, 2.45) is 0 Å². The summed E-state index contributed by atoms with van der Waals surface area (Å²) in [7, 11) is 0. The van der Waals surface area contributed by atoms with Gasteiger partial charge in [-0.3, -0.25) is 4.79 Å². The molecule has 0 fully saturated rings. The molecule has 0 radical (unpaired) electrons. The van der Waals surface area contributed by atoms with Gasteiger partial charge in [0.2, 0.25) is 0 Å². The third-order valence-electron chi connectivity index (χ3n) is 5.32. The average Bonchev–Trinajstić information content (AvgIpc) is 2.87. The van der Waals surface area contributed by atoms with Crippen LogP contribution in [0.5, 0.6) is 0 Å². The molecule has 8 heteroatoms. The fourth-order valence-corrected chi connectivity index (χ4v) is 3.76. The van der Waals surface area contributed by atoms with Crippen LogP contribution in [0.1, 0.15) is 57.4 Å². The van der Waals surface area contributed by atoms with Crippen LogP contribution in [0.4, 0.5) is 0 Å². The second-order valence-electron chi connectivity index (χ2n) is 7.42. The zero-order chi connectivity index (χ0) is 25.1. The Morgan fingerprint density at radius 3 is 1.69 bits per heavy atom. The van der Waals surface area contributed by atoms with Gasteiger partial charge in [-0.2, -0.15) is 0 Å². The van der Waals surface area contributed by atoms with Crippen molar-refractivity contribution in [3.8, 4) is 0 Å². The normalized spacial score (nSPS) is 10.5. The molecule has 0 aliphatic rings. The molecular formula is C27H16O8. The van der Waals surface area contributed by atoms with Crippen molar-refractivity contribution in [2.45, 2.75) is 0 Å². The van der Waals surface area contributed by atoms with Gasteiger partial charge in [0.05, 0.1) is 27.8 Å². The van der Waals surface area contributed by atoms with Crippen LogP contribution < -0.4 is 0 Å². The molecule has 0 saturated carbocycles. The first-order valence-electron chi connectivity index (χ1n) is 10.3. The van der Waals surface area contributed by atoms with Gasteiger partial charge in [-0.05, 0) is 29.7 Å². The summed E-state index contributed by atoms with van der Waals surface area (Å²) in [4.78, 5) is 62.6. The van der Waals surface area contributed by atoms with Gasteiger partial charge < -0.3 is 14.9 Å². The quantitative estimate of drug-likeness (QED) is 0.240. The summed E-state index contributed by atoms with van der Waals surface area (Å²) in [5.41, 5.74) is -1.45. The van der Waals surface area contributed by atoms with Crippen LogP contribution in [0, 0.1) is 0 Å². The predicted octanol–water partition coefficient (Wildman–Crippen LogP) is 4.46. The van der Waals surface area contributed by atoms with Crippen molar-refractivity contribution < 1.29 is 38.9 Å². The number of carboxylic acid groups (broad SMARTS) is 2. The maximum atomic E-state index is 13.1. The van der Waals surface area contributed by atoms with E-state index in [0.29, 0.717) is 5.39 Å². The highest BCUT2D eigenvalue weighted by molar-refractivity contribution is 6.21. The molecule has 0 bridgehead atoms.